The minimum Gasteiger partial charge on any atom is -0.298 e. The van der Waals surface area contributed by atoms with E-state index in [1.54, 1.807) is 6.92 Å². The fraction of sp³-hybridized carbons (Fsp3) is 0.800. The topological polar surface area (TPSA) is 49.7 Å². The van der Waals surface area contributed by atoms with E-state index >= 15 is 0 Å². The van der Waals surface area contributed by atoms with Crippen LogP contribution in [0.2, 0.25) is 0 Å². The Morgan fingerprint density at radius 2 is 2.22 bits per heavy atom. The van der Waals surface area contributed by atoms with Gasteiger partial charge in [-0.25, -0.2) is 0 Å². The molecule has 0 spiro atoms. The van der Waals surface area contributed by atoms with Gasteiger partial charge in [-0.2, -0.15) is 0 Å². The zero-order valence-corrected chi connectivity index (χ0v) is 5.63. The Hall–Kier alpha value is -0.930. The fourth-order valence-corrected chi connectivity index (χ4v) is 0.396. The number of carbonyl (C=O) groups is 1. The Bertz CT molecular complexity index is 114. The van der Waals surface area contributed by atoms with E-state index in [4.69, 9.17) is 0 Å². The summed E-state index contributed by atoms with van der Waals surface area (Å²) in [6.07, 6.45) is 0.458. The Kier molecular flexibility index (Phi) is 3.59. The number of nitrogens with zero attached hydrogens (tertiary/aromatic N) is 2. The van der Waals surface area contributed by atoms with Crippen LogP contribution in [0.15, 0.2) is 5.29 Å². The highest BCUT2D eigenvalue weighted by molar-refractivity contribution is 5.79. The van der Waals surface area contributed by atoms with E-state index in [0.29, 0.717) is 6.42 Å². The van der Waals surface area contributed by atoms with Gasteiger partial charge in [0, 0.05) is 13.5 Å². The molecule has 0 heterocycles. The summed E-state index contributed by atoms with van der Waals surface area (Å²) in [5, 5.41) is 3.61. The Labute approximate surface area is 53.8 Å². The van der Waals surface area contributed by atoms with Crippen LogP contribution in [0.3, 0.4) is 0 Å². The van der Waals surface area contributed by atoms with Crippen molar-refractivity contribution in [2.45, 2.75) is 13.3 Å². The molecular weight excluding hydrogens is 120 g/mol. The lowest BCUT2D eigenvalue weighted by Gasteiger charge is -2.04. The molecule has 0 aromatic rings. The lowest BCUT2D eigenvalue weighted by molar-refractivity contribution is -0.119. The molecule has 0 aliphatic carbocycles. The summed E-state index contributed by atoms with van der Waals surface area (Å²) in [6.45, 7) is 1.88. The van der Waals surface area contributed by atoms with Gasteiger partial charge in [-0.05, 0) is 0 Å². The maximum Gasteiger partial charge on any atom is 0.153 e. The molecule has 0 N–H and O–H groups in total. The zero-order chi connectivity index (χ0) is 7.28. The van der Waals surface area contributed by atoms with E-state index in [-0.39, 0.29) is 12.3 Å². The molecule has 0 amide bonds. The molecule has 0 saturated carbocycles. The molecule has 0 unspecified atom stereocenters. The summed E-state index contributed by atoms with van der Waals surface area (Å²) < 4.78 is 0. The summed E-state index contributed by atoms with van der Waals surface area (Å²) in [4.78, 5) is 20.2. The molecule has 0 bridgehead atoms. The third kappa shape index (κ3) is 3.64. The highest BCUT2D eigenvalue weighted by Crippen LogP contribution is 1.85. The molecule has 4 heteroatoms. The number of hydrogen-bond acceptors (Lipinski definition) is 3. The van der Waals surface area contributed by atoms with Crippen LogP contribution in [0.1, 0.15) is 13.3 Å². The SMILES string of the molecule is CCC(=O)CN(C)N=O. The van der Waals surface area contributed by atoms with Gasteiger partial charge in [-0.15, -0.1) is 4.91 Å². The van der Waals surface area contributed by atoms with Crippen molar-refractivity contribution in [3.63, 3.8) is 0 Å². The van der Waals surface area contributed by atoms with Crippen LogP contribution < -0.4 is 0 Å². The minimum absolute atomic E-state index is 0.0251. The third-order valence-corrected chi connectivity index (χ3v) is 0.939. The molecule has 4 nitrogen and oxygen atoms in total. The molecule has 0 rings (SSSR count). The average molecular weight is 130 g/mol. The van der Waals surface area contributed by atoms with Crippen molar-refractivity contribution >= 4 is 5.78 Å². The van der Waals surface area contributed by atoms with Crippen molar-refractivity contribution in [3.8, 4) is 0 Å². The maximum absolute atomic E-state index is 10.5. The normalized spacial score (nSPS) is 8.67. The number of rotatable bonds is 4. The summed E-state index contributed by atoms with van der Waals surface area (Å²) in [7, 11) is 1.47. The fourth-order valence-electron chi connectivity index (χ4n) is 0.396. The third-order valence-electron chi connectivity index (χ3n) is 0.939. The first-order valence-corrected chi connectivity index (χ1v) is 2.76. The van der Waals surface area contributed by atoms with Crippen molar-refractivity contribution < 1.29 is 4.79 Å². The van der Waals surface area contributed by atoms with Crippen LogP contribution in [0.25, 0.3) is 0 Å². The largest absolute Gasteiger partial charge is 0.298 e. The number of carbonyl (C=O) groups excluding carboxylic acids is 1. The van der Waals surface area contributed by atoms with Crippen molar-refractivity contribution in [1.29, 1.82) is 0 Å². The van der Waals surface area contributed by atoms with E-state index in [1.807, 2.05) is 0 Å². The van der Waals surface area contributed by atoms with E-state index in [0.717, 1.165) is 5.01 Å². The van der Waals surface area contributed by atoms with Gasteiger partial charge in [0.05, 0.1) is 11.8 Å². The van der Waals surface area contributed by atoms with Gasteiger partial charge >= 0.3 is 0 Å². The second-order valence-corrected chi connectivity index (χ2v) is 1.79. The number of Topliss-reactive ketones (excluding diaryl/α,β-unsaturated/α-hetero) is 1. The number of hydrogen-bond donors (Lipinski definition) is 0. The van der Waals surface area contributed by atoms with Crippen molar-refractivity contribution in [1.82, 2.24) is 5.01 Å². The molecule has 0 aromatic heterocycles. The predicted molar refractivity (Wildman–Crippen MR) is 33.7 cm³/mol. The van der Waals surface area contributed by atoms with Gasteiger partial charge in [0.15, 0.2) is 5.78 Å². The first-order valence-electron chi connectivity index (χ1n) is 2.76. The monoisotopic (exact) mass is 130 g/mol. The summed E-state index contributed by atoms with van der Waals surface area (Å²) >= 11 is 0. The lowest BCUT2D eigenvalue weighted by Crippen LogP contribution is -2.19. The predicted octanol–water partition coefficient (Wildman–Crippen LogP) is 0.579. The molecule has 0 aliphatic rings. The Morgan fingerprint density at radius 1 is 1.67 bits per heavy atom. The second kappa shape index (κ2) is 4.00. The Morgan fingerprint density at radius 3 is 2.56 bits per heavy atom. The van der Waals surface area contributed by atoms with Crippen LogP contribution >= 0.6 is 0 Å². The maximum atomic E-state index is 10.5. The average Bonchev–Trinajstić information content (AvgIpc) is 1.87. The molecular formula is C5H10N2O2. The van der Waals surface area contributed by atoms with Crippen LogP contribution in [-0.4, -0.2) is 24.4 Å². The van der Waals surface area contributed by atoms with E-state index in [9.17, 15) is 9.70 Å². The molecule has 9 heavy (non-hydrogen) atoms. The quantitative estimate of drug-likeness (QED) is 0.413. The van der Waals surface area contributed by atoms with Crippen LogP contribution in [0.4, 0.5) is 0 Å². The number of likely N-dealkylation sites (N-methyl/N-ethyl adjacent to an activating group) is 1. The standard InChI is InChI=1S/C5H10N2O2/c1-3-5(8)4-7(2)6-9/h3-4H2,1-2H3. The molecule has 0 fully saturated rings. The van der Waals surface area contributed by atoms with Gasteiger partial charge in [-0.3, -0.25) is 9.80 Å². The second-order valence-electron chi connectivity index (χ2n) is 1.79. The van der Waals surface area contributed by atoms with Crippen molar-refractivity contribution in [3.05, 3.63) is 4.91 Å². The van der Waals surface area contributed by atoms with Crippen molar-refractivity contribution in [2.24, 2.45) is 5.29 Å². The van der Waals surface area contributed by atoms with Gasteiger partial charge in [0.25, 0.3) is 0 Å². The highest BCUT2D eigenvalue weighted by atomic mass is 16.3. The van der Waals surface area contributed by atoms with Crippen LogP contribution in [0.5, 0.6) is 0 Å². The molecule has 0 saturated heterocycles. The zero-order valence-electron chi connectivity index (χ0n) is 5.63. The van der Waals surface area contributed by atoms with Gasteiger partial charge in [0.2, 0.25) is 0 Å². The Balaban J connectivity index is 3.46. The van der Waals surface area contributed by atoms with Gasteiger partial charge in [0.1, 0.15) is 0 Å². The molecule has 52 valence electrons. The molecule has 0 aliphatic heterocycles. The van der Waals surface area contributed by atoms with Gasteiger partial charge in [-0.1, -0.05) is 6.92 Å². The smallest absolute Gasteiger partial charge is 0.153 e. The highest BCUT2D eigenvalue weighted by Gasteiger charge is 2.00. The van der Waals surface area contributed by atoms with E-state index < -0.39 is 0 Å². The first-order chi connectivity index (χ1) is 4.20. The summed E-state index contributed by atoms with van der Waals surface area (Å²) in [5.41, 5.74) is 0. The molecule has 0 atom stereocenters. The van der Waals surface area contributed by atoms with E-state index in [2.05, 4.69) is 5.29 Å². The van der Waals surface area contributed by atoms with Gasteiger partial charge < -0.3 is 0 Å². The number of ketones is 1. The first kappa shape index (κ1) is 8.07. The molecule has 0 aromatic carbocycles. The number of nitroso groups, excluding NO2 is 1. The molecule has 0 radical (unpaired) electrons. The van der Waals surface area contributed by atoms with Crippen LogP contribution in [-0.2, 0) is 4.79 Å². The summed E-state index contributed by atoms with van der Waals surface area (Å²) in [5.74, 6) is 0.0251. The minimum atomic E-state index is 0.0251. The summed E-state index contributed by atoms with van der Waals surface area (Å²) in [6, 6.07) is 0. The van der Waals surface area contributed by atoms with E-state index in [1.165, 1.54) is 7.05 Å². The lowest BCUT2D eigenvalue weighted by atomic mass is 10.3. The van der Waals surface area contributed by atoms with Crippen LogP contribution in [0, 0.1) is 4.91 Å². The van der Waals surface area contributed by atoms with Crippen molar-refractivity contribution in [2.75, 3.05) is 13.6 Å².